The van der Waals surface area contributed by atoms with Crippen LogP contribution in [0.3, 0.4) is 0 Å². The van der Waals surface area contributed by atoms with Crippen LogP contribution < -0.4 is 30.3 Å². The van der Waals surface area contributed by atoms with Gasteiger partial charge in [-0.2, -0.15) is 0 Å². The zero-order valence-corrected chi connectivity index (χ0v) is 44.6. The summed E-state index contributed by atoms with van der Waals surface area (Å²) in [6, 6.07) is 22.4. The van der Waals surface area contributed by atoms with E-state index >= 15 is 0 Å². The van der Waals surface area contributed by atoms with Crippen molar-refractivity contribution in [1.82, 2.24) is 45.3 Å². The van der Waals surface area contributed by atoms with Crippen LogP contribution in [0.2, 0.25) is 0 Å². The Morgan fingerprint density at radius 3 is 2.24 bits per heavy atom. The molecule has 4 aliphatic heterocycles. The van der Waals surface area contributed by atoms with E-state index < -0.39 is 18.1 Å². The smallest absolute Gasteiger partial charge is 0.254 e. The molecule has 20 heteroatoms. The molecule has 0 radical (unpaired) electrons. The monoisotopic (exact) mass is 1050 g/mol. The number of fused-ring (bicyclic) bond motifs is 2. The number of hydrogen-bond acceptors (Lipinski definition) is 18. The SMILES string of the molecule is Cc1ncsc1-c1ccc([C@H](C)NC(=O)[C@@H]2C[C@@H](O)CN2C(=O)[C@H](c2cc(OCCCN3CCN(CCCOc4cc(N5C6CCC5CN(c5cc(-c7ccccc7O)nnc5N)C6)ccn4)CC3)no2)C(C)C)cc1. The van der Waals surface area contributed by atoms with Gasteiger partial charge in [0.15, 0.2) is 11.6 Å². The number of aromatic nitrogens is 5. The van der Waals surface area contributed by atoms with Crippen molar-refractivity contribution in [1.29, 1.82) is 0 Å². The van der Waals surface area contributed by atoms with Crippen molar-refractivity contribution in [2.45, 2.75) is 96.0 Å². The number of carbonyl (C=O) groups excluding carboxylic acids is 2. The fraction of sp³-hybridized carbons (Fsp3) is 0.482. The summed E-state index contributed by atoms with van der Waals surface area (Å²) in [5, 5.41) is 36.9. The number of nitrogens with one attached hydrogen (secondary N) is 1. The standard InChI is InChI=1S/C56H70N12O7S/c1-35(2)52(56(72)67-33-43(69)28-47(67)55(71)60-36(3)38-11-13-39(14-12-38)53-37(4)59-34-76-53)49-30-51(63-75-49)74-26-8-20-65-23-21-64(22-24-65)19-7-25-73-50-27-40(17-18-58-50)68-41-15-16-42(68)32-66(31-41)46-29-45(61-62-54(46)57)44-9-5-6-10-48(44)70/h5-6,9-14,17-18,27,29-30,34-36,41-43,47,52,69-70H,7-8,15-16,19-26,28,31-33H2,1-4H3,(H2,57,62)(H,60,71)/t36-,41?,42?,43+,47-,52-/m0/s1. The second kappa shape index (κ2) is 23.6. The Kier molecular flexibility index (Phi) is 16.3. The van der Waals surface area contributed by atoms with Crippen LogP contribution in [0.1, 0.15) is 81.9 Å². The third-order valence-corrected chi connectivity index (χ3v) is 16.4. The van der Waals surface area contributed by atoms with Crippen molar-refractivity contribution < 1.29 is 33.8 Å². The van der Waals surface area contributed by atoms with Crippen LogP contribution in [0.5, 0.6) is 17.5 Å². The maximum Gasteiger partial charge on any atom is 0.254 e. The van der Waals surface area contributed by atoms with E-state index in [0.29, 0.717) is 59.9 Å². The maximum atomic E-state index is 14.2. The number of aryl methyl sites for hydroxylation is 1. The number of benzene rings is 2. The number of β-amino-alcohol motifs (C(OH)–C–C–N with tert-alkyl or cyclic N) is 1. The molecule has 0 spiro atoms. The number of rotatable bonds is 20. The number of nitrogens with zero attached hydrogens (tertiary/aromatic N) is 10. The van der Waals surface area contributed by atoms with E-state index in [1.165, 1.54) is 4.90 Å². The van der Waals surface area contributed by atoms with E-state index in [0.717, 1.165) is 111 Å². The molecule has 4 saturated heterocycles. The largest absolute Gasteiger partial charge is 0.507 e. The second-order valence-electron chi connectivity index (χ2n) is 21.0. The molecule has 2 aromatic carbocycles. The van der Waals surface area contributed by atoms with Gasteiger partial charge in [0.1, 0.15) is 17.7 Å². The van der Waals surface area contributed by atoms with Crippen LogP contribution in [0, 0.1) is 12.8 Å². The Morgan fingerprint density at radius 1 is 0.868 bits per heavy atom. The summed E-state index contributed by atoms with van der Waals surface area (Å²) in [4.78, 5) is 49.2. The molecule has 2 amide bonds. The number of hydrogen-bond donors (Lipinski definition) is 4. The highest BCUT2D eigenvalue weighted by Gasteiger charge is 2.44. The number of piperazine rings is 2. The summed E-state index contributed by atoms with van der Waals surface area (Å²) in [5.41, 5.74) is 14.4. The predicted octanol–water partition coefficient (Wildman–Crippen LogP) is 6.54. The Morgan fingerprint density at radius 2 is 1.57 bits per heavy atom. The van der Waals surface area contributed by atoms with Crippen molar-refractivity contribution >= 4 is 40.3 Å². The first-order valence-electron chi connectivity index (χ1n) is 26.7. The number of anilines is 3. The van der Waals surface area contributed by atoms with Gasteiger partial charge in [0.2, 0.25) is 17.7 Å². The van der Waals surface area contributed by atoms with Gasteiger partial charge in [0.25, 0.3) is 5.88 Å². The number of aliphatic hydroxyl groups excluding tert-OH is 1. The van der Waals surface area contributed by atoms with Crippen LogP contribution in [-0.4, -0.2) is 158 Å². The molecule has 402 valence electrons. The maximum absolute atomic E-state index is 14.2. The van der Waals surface area contributed by atoms with E-state index in [-0.39, 0.29) is 42.5 Å². The molecular weight excluding hydrogens is 985 g/mol. The van der Waals surface area contributed by atoms with E-state index in [1.54, 1.807) is 29.5 Å². The molecule has 5 N–H and O–H groups in total. The number of phenols is 1. The lowest BCUT2D eigenvalue weighted by Gasteiger charge is -2.43. The Hall–Kier alpha value is -6.87. The lowest BCUT2D eigenvalue weighted by Crippen LogP contribution is -2.54. The van der Waals surface area contributed by atoms with Gasteiger partial charge in [-0.15, -0.1) is 21.5 Å². The quantitative estimate of drug-likeness (QED) is 0.0596. The molecular formula is C56H70N12O7S. The normalized spacial score (nSPS) is 20.8. The van der Waals surface area contributed by atoms with Gasteiger partial charge in [-0.05, 0) is 86.0 Å². The third kappa shape index (κ3) is 11.9. The number of thiazole rings is 1. The molecule has 6 atom stereocenters. The molecule has 10 rings (SSSR count). The minimum absolute atomic E-state index is 0.0582. The van der Waals surface area contributed by atoms with E-state index in [2.05, 4.69) is 62.4 Å². The van der Waals surface area contributed by atoms with Crippen molar-refractivity contribution in [2.75, 3.05) is 87.7 Å². The Balaban J connectivity index is 0.629. The Labute approximate surface area is 448 Å². The van der Waals surface area contributed by atoms with Gasteiger partial charge in [-0.3, -0.25) is 9.59 Å². The number of nitrogen functional groups attached to an aromatic ring is 1. The molecule has 4 fully saturated rings. The lowest BCUT2D eigenvalue weighted by molar-refractivity contribution is -0.141. The average Bonchev–Trinajstić information content (AvgIpc) is 4.25. The fourth-order valence-electron chi connectivity index (χ4n) is 11.4. The summed E-state index contributed by atoms with van der Waals surface area (Å²) in [6.07, 6.45) is 5.03. The van der Waals surface area contributed by atoms with E-state index in [4.69, 9.17) is 19.7 Å². The molecule has 76 heavy (non-hydrogen) atoms. The topological polar surface area (TPSA) is 225 Å². The molecule has 2 unspecified atom stereocenters. The predicted molar refractivity (Wildman–Crippen MR) is 291 cm³/mol. The molecule has 8 heterocycles. The fourth-order valence-corrected chi connectivity index (χ4v) is 12.2. The van der Waals surface area contributed by atoms with Gasteiger partial charge in [0, 0.05) is 107 Å². The molecule has 0 aliphatic carbocycles. The molecule has 0 saturated carbocycles. The molecule has 19 nitrogen and oxygen atoms in total. The molecule has 6 aromatic rings. The van der Waals surface area contributed by atoms with Crippen LogP contribution in [-0.2, 0) is 9.59 Å². The molecule has 2 bridgehead atoms. The number of nitrogens with two attached hydrogens (primary N) is 1. The lowest BCUT2D eigenvalue weighted by atomic mass is 9.91. The number of phenolic OH excluding ortho intramolecular Hbond substituents is 1. The summed E-state index contributed by atoms with van der Waals surface area (Å²) >= 11 is 1.59. The zero-order valence-electron chi connectivity index (χ0n) is 43.8. The van der Waals surface area contributed by atoms with Crippen LogP contribution in [0.15, 0.2) is 89.0 Å². The first-order valence-corrected chi connectivity index (χ1v) is 27.6. The van der Waals surface area contributed by atoms with Crippen molar-refractivity contribution in [3.63, 3.8) is 0 Å². The highest BCUT2D eigenvalue weighted by Crippen LogP contribution is 2.40. The Bertz CT molecular complexity index is 2910. The zero-order chi connectivity index (χ0) is 52.9. The van der Waals surface area contributed by atoms with Crippen LogP contribution in [0.4, 0.5) is 17.2 Å². The summed E-state index contributed by atoms with van der Waals surface area (Å²) in [6.45, 7) is 16.2. The average molecular weight is 1060 g/mol. The van der Waals surface area contributed by atoms with Gasteiger partial charge >= 0.3 is 0 Å². The first kappa shape index (κ1) is 52.6. The van der Waals surface area contributed by atoms with Crippen molar-refractivity contribution in [3.05, 3.63) is 102 Å². The third-order valence-electron chi connectivity index (χ3n) is 15.4. The van der Waals surface area contributed by atoms with E-state index in [1.807, 2.05) is 81.9 Å². The molecule has 4 aromatic heterocycles. The van der Waals surface area contributed by atoms with Gasteiger partial charge in [-0.25, -0.2) is 9.97 Å². The number of aliphatic hydroxyl groups is 1. The van der Waals surface area contributed by atoms with E-state index in [9.17, 15) is 19.8 Å². The van der Waals surface area contributed by atoms with Crippen LogP contribution >= 0.6 is 11.3 Å². The highest BCUT2D eigenvalue weighted by molar-refractivity contribution is 7.13. The minimum atomic E-state index is -0.823. The number of ether oxygens (including phenoxy) is 2. The second-order valence-corrected chi connectivity index (χ2v) is 21.8. The van der Waals surface area contributed by atoms with Gasteiger partial charge in [0.05, 0.1) is 52.8 Å². The van der Waals surface area contributed by atoms with Gasteiger partial charge < -0.3 is 59.8 Å². The first-order chi connectivity index (χ1) is 36.9. The van der Waals surface area contributed by atoms with Crippen molar-refractivity contribution in [3.8, 4) is 39.2 Å². The summed E-state index contributed by atoms with van der Waals surface area (Å²) in [7, 11) is 0. The number of carbonyl (C=O) groups is 2. The van der Waals surface area contributed by atoms with Gasteiger partial charge in [-0.1, -0.05) is 50.2 Å². The number of para-hydroxylation sites is 1. The van der Waals surface area contributed by atoms with Crippen LogP contribution in [0.25, 0.3) is 21.7 Å². The van der Waals surface area contributed by atoms with Crippen molar-refractivity contribution in [2.24, 2.45) is 5.92 Å². The summed E-state index contributed by atoms with van der Waals surface area (Å²) in [5.74, 6) is 0.401. The number of aromatic hydroxyl groups is 1. The number of likely N-dealkylation sites (tertiary alicyclic amines) is 1. The molecule has 4 aliphatic rings. The number of amides is 2. The number of pyridine rings is 1. The minimum Gasteiger partial charge on any atom is -0.507 e. The highest BCUT2D eigenvalue weighted by atomic mass is 32.1. The summed E-state index contributed by atoms with van der Waals surface area (Å²) < 4.78 is 18.0.